The molecule has 1 aromatic rings. The highest BCUT2D eigenvalue weighted by molar-refractivity contribution is 5.54. The molecule has 0 aliphatic heterocycles. The van der Waals surface area contributed by atoms with Crippen LogP contribution in [0.2, 0.25) is 0 Å². The Morgan fingerprint density at radius 2 is 2.19 bits per heavy atom. The lowest BCUT2D eigenvalue weighted by atomic mass is 9.82. The lowest BCUT2D eigenvalue weighted by Gasteiger charge is -2.35. The van der Waals surface area contributed by atoms with Crippen molar-refractivity contribution in [3.8, 4) is 0 Å². The predicted octanol–water partition coefficient (Wildman–Crippen LogP) is 1.61. The van der Waals surface area contributed by atoms with E-state index in [4.69, 9.17) is 5.73 Å². The molecule has 1 aliphatic carbocycles. The maximum atomic E-state index is 13.6. The van der Waals surface area contributed by atoms with E-state index in [9.17, 15) is 9.50 Å². The van der Waals surface area contributed by atoms with Crippen LogP contribution in [0.25, 0.3) is 0 Å². The summed E-state index contributed by atoms with van der Waals surface area (Å²) in [5.41, 5.74) is 6.50. The Balaban J connectivity index is 2.00. The zero-order chi connectivity index (χ0) is 11.7. The molecule has 3 nitrogen and oxygen atoms in total. The van der Waals surface area contributed by atoms with Crippen molar-refractivity contribution in [2.24, 2.45) is 5.92 Å². The van der Waals surface area contributed by atoms with E-state index in [0.717, 1.165) is 19.4 Å². The van der Waals surface area contributed by atoms with E-state index >= 15 is 0 Å². The Labute approximate surface area is 94.7 Å². The third-order valence-corrected chi connectivity index (χ3v) is 3.13. The van der Waals surface area contributed by atoms with Gasteiger partial charge < -0.3 is 15.7 Å². The zero-order valence-electron chi connectivity index (χ0n) is 9.36. The number of anilines is 2. The molecule has 0 spiro atoms. The van der Waals surface area contributed by atoms with Gasteiger partial charge in [0.2, 0.25) is 0 Å². The van der Waals surface area contributed by atoms with Crippen LogP contribution in [0.5, 0.6) is 0 Å². The van der Waals surface area contributed by atoms with Crippen LogP contribution in [0.15, 0.2) is 18.2 Å². The summed E-state index contributed by atoms with van der Waals surface area (Å²) in [6, 6.07) is 4.73. The second-order valence-electron chi connectivity index (χ2n) is 4.58. The van der Waals surface area contributed by atoms with Crippen LogP contribution < -0.4 is 10.6 Å². The van der Waals surface area contributed by atoms with Gasteiger partial charge in [0, 0.05) is 19.3 Å². The van der Waals surface area contributed by atoms with Crippen molar-refractivity contribution in [2.75, 3.05) is 24.2 Å². The SMILES string of the molecule is CN(CC1CC(O)C1)c1ccc(N)cc1F. The predicted molar refractivity (Wildman–Crippen MR) is 62.8 cm³/mol. The number of nitrogens with two attached hydrogens (primary N) is 1. The van der Waals surface area contributed by atoms with Gasteiger partial charge in [-0.2, -0.15) is 0 Å². The summed E-state index contributed by atoms with van der Waals surface area (Å²) < 4.78 is 13.6. The fourth-order valence-electron chi connectivity index (χ4n) is 2.17. The van der Waals surface area contributed by atoms with E-state index < -0.39 is 0 Å². The van der Waals surface area contributed by atoms with Crippen LogP contribution >= 0.6 is 0 Å². The van der Waals surface area contributed by atoms with E-state index in [1.165, 1.54) is 6.07 Å². The van der Waals surface area contributed by atoms with E-state index in [2.05, 4.69) is 0 Å². The van der Waals surface area contributed by atoms with Crippen LogP contribution in [0.4, 0.5) is 15.8 Å². The van der Waals surface area contributed by atoms with E-state index in [-0.39, 0.29) is 11.9 Å². The zero-order valence-corrected chi connectivity index (χ0v) is 9.36. The van der Waals surface area contributed by atoms with Gasteiger partial charge in [0.15, 0.2) is 0 Å². The van der Waals surface area contributed by atoms with Gasteiger partial charge in [-0.05, 0) is 37.0 Å². The molecule has 4 heteroatoms. The van der Waals surface area contributed by atoms with Crippen molar-refractivity contribution < 1.29 is 9.50 Å². The minimum atomic E-state index is -0.289. The van der Waals surface area contributed by atoms with Gasteiger partial charge in [-0.3, -0.25) is 0 Å². The minimum Gasteiger partial charge on any atom is -0.399 e. The van der Waals surface area contributed by atoms with Crippen molar-refractivity contribution in [3.05, 3.63) is 24.0 Å². The summed E-state index contributed by atoms with van der Waals surface area (Å²) >= 11 is 0. The lowest BCUT2D eigenvalue weighted by molar-refractivity contribution is 0.0464. The number of halogens is 1. The molecule has 0 aromatic heterocycles. The third kappa shape index (κ3) is 2.27. The molecule has 0 amide bonds. The molecule has 0 unspecified atom stereocenters. The van der Waals surface area contributed by atoms with Gasteiger partial charge in [0.05, 0.1) is 11.8 Å². The summed E-state index contributed by atoms with van der Waals surface area (Å²) in [6.07, 6.45) is 1.48. The first-order valence-electron chi connectivity index (χ1n) is 5.50. The number of hydrogen-bond donors (Lipinski definition) is 2. The van der Waals surface area contributed by atoms with Gasteiger partial charge in [-0.25, -0.2) is 4.39 Å². The maximum absolute atomic E-state index is 13.6. The van der Waals surface area contributed by atoms with Crippen molar-refractivity contribution >= 4 is 11.4 Å². The Hall–Kier alpha value is -1.29. The van der Waals surface area contributed by atoms with Gasteiger partial charge in [-0.1, -0.05) is 0 Å². The summed E-state index contributed by atoms with van der Waals surface area (Å²) in [6.45, 7) is 0.776. The second-order valence-corrected chi connectivity index (χ2v) is 4.58. The molecule has 1 aliphatic rings. The molecule has 16 heavy (non-hydrogen) atoms. The van der Waals surface area contributed by atoms with Gasteiger partial charge in [-0.15, -0.1) is 0 Å². The average molecular weight is 224 g/mol. The normalized spacial score (nSPS) is 23.9. The molecule has 2 rings (SSSR count). The monoisotopic (exact) mass is 224 g/mol. The number of nitrogen functional groups attached to an aromatic ring is 1. The summed E-state index contributed by atoms with van der Waals surface area (Å²) in [5, 5.41) is 9.18. The van der Waals surface area contributed by atoms with E-state index in [0.29, 0.717) is 17.3 Å². The summed E-state index contributed by atoms with van der Waals surface area (Å²) in [4.78, 5) is 1.88. The highest BCUT2D eigenvalue weighted by atomic mass is 19.1. The lowest BCUT2D eigenvalue weighted by Crippen LogP contribution is -2.37. The highest BCUT2D eigenvalue weighted by Crippen LogP contribution is 2.30. The minimum absolute atomic E-state index is 0.158. The molecule has 1 saturated carbocycles. The average Bonchev–Trinajstić information content (AvgIpc) is 2.15. The first-order valence-corrected chi connectivity index (χ1v) is 5.50. The van der Waals surface area contributed by atoms with Crippen LogP contribution in [0.1, 0.15) is 12.8 Å². The molecule has 0 atom stereocenters. The molecule has 0 bridgehead atoms. The van der Waals surface area contributed by atoms with Crippen molar-refractivity contribution in [2.45, 2.75) is 18.9 Å². The summed E-state index contributed by atoms with van der Waals surface area (Å²) in [7, 11) is 1.86. The number of aliphatic hydroxyl groups excluding tert-OH is 1. The molecule has 1 aromatic carbocycles. The Kier molecular flexibility index (Phi) is 3.01. The fraction of sp³-hybridized carbons (Fsp3) is 0.500. The van der Waals surface area contributed by atoms with E-state index in [1.807, 2.05) is 11.9 Å². The number of rotatable bonds is 3. The van der Waals surface area contributed by atoms with Crippen LogP contribution in [0, 0.1) is 11.7 Å². The van der Waals surface area contributed by atoms with E-state index in [1.54, 1.807) is 12.1 Å². The third-order valence-electron chi connectivity index (χ3n) is 3.13. The maximum Gasteiger partial charge on any atom is 0.148 e. The van der Waals surface area contributed by atoms with Gasteiger partial charge >= 0.3 is 0 Å². The highest BCUT2D eigenvalue weighted by Gasteiger charge is 2.28. The van der Waals surface area contributed by atoms with Gasteiger partial charge in [0.1, 0.15) is 5.82 Å². The summed E-state index contributed by atoms with van der Waals surface area (Å²) in [5.74, 6) is 0.180. The van der Waals surface area contributed by atoms with Crippen molar-refractivity contribution in [1.82, 2.24) is 0 Å². The Morgan fingerprint density at radius 3 is 2.75 bits per heavy atom. The second kappa shape index (κ2) is 4.29. The molecule has 0 radical (unpaired) electrons. The quantitative estimate of drug-likeness (QED) is 0.767. The van der Waals surface area contributed by atoms with Crippen LogP contribution in [-0.4, -0.2) is 24.8 Å². The molecule has 0 heterocycles. The van der Waals surface area contributed by atoms with Crippen molar-refractivity contribution in [1.29, 1.82) is 0 Å². The molecule has 88 valence electrons. The molecule has 0 saturated heterocycles. The number of benzene rings is 1. The number of nitrogens with zero attached hydrogens (tertiary/aromatic N) is 1. The van der Waals surface area contributed by atoms with Crippen LogP contribution in [-0.2, 0) is 0 Å². The van der Waals surface area contributed by atoms with Gasteiger partial charge in [0.25, 0.3) is 0 Å². The standard InChI is InChI=1S/C12H17FN2O/c1-15(7-8-4-10(16)5-8)12-3-2-9(14)6-11(12)13/h2-3,6,8,10,16H,4-5,7,14H2,1H3. The number of hydrogen-bond acceptors (Lipinski definition) is 3. The molecule has 1 fully saturated rings. The largest absolute Gasteiger partial charge is 0.399 e. The van der Waals surface area contributed by atoms with Crippen molar-refractivity contribution in [3.63, 3.8) is 0 Å². The smallest absolute Gasteiger partial charge is 0.148 e. The molecular formula is C12H17FN2O. The Bertz CT molecular complexity index is 377. The first kappa shape index (κ1) is 11.2. The number of aliphatic hydroxyl groups is 1. The Morgan fingerprint density at radius 1 is 1.50 bits per heavy atom. The molecule has 3 N–H and O–H groups in total. The fourth-order valence-corrected chi connectivity index (χ4v) is 2.17. The topological polar surface area (TPSA) is 49.5 Å². The first-order chi connectivity index (χ1) is 7.56. The van der Waals surface area contributed by atoms with Crippen LogP contribution in [0.3, 0.4) is 0 Å². The molecular weight excluding hydrogens is 207 g/mol.